The summed E-state index contributed by atoms with van der Waals surface area (Å²) in [5.41, 5.74) is 2.85. The molecule has 2 heterocycles. The van der Waals surface area contributed by atoms with E-state index in [9.17, 15) is 9.59 Å². The van der Waals surface area contributed by atoms with Crippen LogP contribution in [0.2, 0.25) is 5.02 Å². The third-order valence-corrected chi connectivity index (χ3v) is 6.40. The number of para-hydroxylation sites is 1. The van der Waals surface area contributed by atoms with Gasteiger partial charge < -0.3 is 9.84 Å². The molecule has 168 valence electrons. The monoisotopic (exact) mass is 499 g/mol. The standard InChI is InChI=1S/C23H18ClN3O4S2/c1-2-31-18-9-8-14(10-17(18)24)21-15(12-27(25-21)16-6-4-3-5-7-16)11-19-22(30)26(13-20(28)29)23(32)33-19/h3-12H,2,13H2,1H3,(H,28,29)/b19-11-. The molecule has 1 fully saturated rings. The fourth-order valence-corrected chi connectivity index (χ4v) is 4.74. The number of halogens is 1. The maximum absolute atomic E-state index is 12.8. The first-order valence-electron chi connectivity index (χ1n) is 9.92. The summed E-state index contributed by atoms with van der Waals surface area (Å²) in [5, 5.41) is 14.3. The SMILES string of the molecule is CCOc1ccc(-c2nn(-c3ccccc3)cc2/C=C2\SC(=S)N(CC(=O)O)C2=O)cc1Cl. The third-order valence-electron chi connectivity index (χ3n) is 4.72. The van der Waals surface area contributed by atoms with E-state index in [2.05, 4.69) is 0 Å². The number of carbonyl (C=O) groups is 2. The van der Waals surface area contributed by atoms with E-state index in [-0.39, 0.29) is 4.32 Å². The number of thiocarbonyl (C=S) groups is 1. The van der Waals surface area contributed by atoms with Gasteiger partial charge in [0, 0.05) is 17.3 Å². The van der Waals surface area contributed by atoms with Crippen LogP contribution < -0.4 is 4.74 Å². The van der Waals surface area contributed by atoms with Crippen LogP contribution in [0.5, 0.6) is 5.75 Å². The van der Waals surface area contributed by atoms with Crippen LogP contribution in [0.4, 0.5) is 0 Å². The summed E-state index contributed by atoms with van der Waals surface area (Å²) in [6.45, 7) is 1.89. The molecular weight excluding hydrogens is 482 g/mol. The molecule has 1 N–H and O–H groups in total. The van der Waals surface area contributed by atoms with Gasteiger partial charge in [-0.25, -0.2) is 4.68 Å². The highest BCUT2D eigenvalue weighted by molar-refractivity contribution is 8.26. The molecule has 7 nitrogen and oxygen atoms in total. The number of aliphatic carboxylic acids is 1. The molecule has 3 aromatic rings. The molecule has 1 saturated heterocycles. The lowest BCUT2D eigenvalue weighted by Crippen LogP contribution is -2.33. The average Bonchev–Trinajstić information content (AvgIpc) is 3.32. The summed E-state index contributed by atoms with van der Waals surface area (Å²) >= 11 is 12.7. The second kappa shape index (κ2) is 9.78. The van der Waals surface area contributed by atoms with Crippen LogP contribution in [-0.2, 0) is 9.59 Å². The number of aromatic nitrogens is 2. The van der Waals surface area contributed by atoms with E-state index in [4.69, 9.17) is 38.8 Å². The Balaban J connectivity index is 1.79. The lowest BCUT2D eigenvalue weighted by atomic mass is 10.1. The zero-order valence-electron chi connectivity index (χ0n) is 17.4. The predicted octanol–water partition coefficient (Wildman–Crippen LogP) is 4.88. The molecule has 10 heteroatoms. The summed E-state index contributed by atoms with van der Waals surface area (Å²) < 4.78 is 7.44. The van der Waals surface area contributed by atoms with Gasteiger partial charge in [0.2, 0.25) is 0 Å². The molecular formula is C23H18ClN3O4S2. The number of ether oxygens (including phenoxy) is 1. The van der Waals surface area contributed by atoms with Crippen molar-refractivity contribution in [1.82, 2.24) is 14.7 Å². The van der Waals surface area contributed by atoms with E-state index in [1.165, 1.54) is 0 Å². The van der Waals surface area contributed by atoms with E-state index in [0.29, 0.717) is 33.5 Å². The van der Waals surface area contributed by atoms with Gasteiger partial charge in [0.15, 0.2) is 0 Å². The summed E-state index contributed by atoms with van der Waals surface area (Å²) in [6, 6.07) is 14.9. The minimum Gasteiger partial charge on any atom is -0.492 e. The van der Waals surface area contributed by atoms with Crippen LogP contribution >= 0.6 is 35.6 Å². The molecule has 1 aliphatic heterocycles. The Morgan fingerprint density at radius 3 is 2.70 bits per heavy atom. The van der Waals surface area contributed by atoms with Crippen molar-refractivity contribution >= 4 is 57.9 Å². The van der Waals surface area contributed by atoms with Gasteiger partial charge in [-0.15, -0.1) is 0 Å². The predicted molar refractivity (Wildman–Crippen MR) is 133 cm³/mol. The summed E-state index contributed by atoms with van der Waals surface area (Å²) in [6.07, 6.45) is 3.48. The Bertz CT molecular complexity index is 1270. The van der Waals surface area contributed by atoms with E-state index < -0.39 is 18.4 Å². The van der Waals surface area contributed by atoms with E-state index in [1.807, 2.05) is 43.3 Å². The fourth-order valence-electron chi connectivity index (χ4n) is 3.26. The molecule has 2 aromatic carbocycles. The van der Waals surface area contributed by atoms with Crippen molar-refractivity contribution in [2.24, 2.45) is 0 Å². The van der Waals surface area contributed by atoms with Crippen LogP contribution in [0.3, 0.4) is 0 Å². The van der Waals surface area contributed by atoms with Crippen molar-refractivity contribution in [1.29, 1.82) is 0 Å². The molecule has 0 radical (unpaired) electrons. The van der Waals surface area contributed by atoms with E-state index >= 15 is 0 Å². The number of carboxylic acids is 1. The molecule has 4 rings (SSSR count). The number of hydrogen-bond acceptors (Lipinski definition) is 6. The van der Waals surface area contributed by atoms with Crippen molar-refractivity contribution in [2.45, 2.75) is 6.92 Å². The normalized spacial score (nSPS) is 14.8. The largest absolute Gasteiger partial charge is 0.492 e. The Hall–Kier alpha value is -3.14. The molecule has 0 saturated carbocycles. The fraction of sp³-hybridized carbons (Fsp3) is 0.130. The van der Waals surface area contributed by atoms with Gasteiger partial charge in [-0.05, 0) is 43.3 Å². The van der Waals surface area contributed by atoms with Gasteiger partial charge in [0.05, 0.1) is 22.2 Å². The molecule has 1 aromatic heterocycles. The molecule has 0 aliphatic carbocycles. The third kappa shape index (κ3) is 4.95. The number of benzene rings is 2. The maximum Gasteiger partial charge on any atom is 0.323 e. The number of thioether (sulfide) groups is 1. The first-order valence-corrected chi connectivity index (χ1v) is 11.5. The Labute approximate surface area is 204 Å². The Morgan fingerprint density at radius 1 is 1.27 bits per heavy atom. The highest BCUT2D eigenvalue weighted by Gasteiger charge is 2.33. The highest BCUT2D eigenvalue weighted by atomic mass is 35.5. The Kier molecular flexibility index (Phi) is 6.83. The summed E-state index contributed by atoms with van der Waals surface area (Å²) in [4.78, 5) is 25.3. The van der Waals surface area contributed by atoms with Crippen molar-refractivity contribution < 1.29 is 19.4 Å². The molecule has 1 aliphatic rings. The summed E-state index contributed by atoms with van der Waals surface area (Å²) in [5.74, 6) is -1.01. The number of nitrogens with zero attached hydrogens (tertiary/aromatic N) is 3. The minimum atomic E-state index is -1.13. The molecule has 0 unspecified atom stereocenters. The molecule has 0 spiro atoms. The van der Waals surface area contributed by atoms with Crippen LogP contribution in [-0.4, -0.2) is 49.1 Å². The number of rotatable bonds is 7. The lowest BCUT2D eigenvalue weighted by Gasteiger charge is -2.10. The molecule has 0 bridgehead atoms. The molecule has 0 atom stereocenters. The summed E-state index contributed by atoms with van der Waals surface area (Å²) in [7, 11) is 0. The average molecular weight is 500 g/mol. The lowest BCUT2D eigenvalue weighted by molar-refractivity contribution is -0.140. The van der Waals surface area contributed by atoms with Gasteiger partial charge >= 0.3 is 5.97 Å². The van der Waals surface area contributed by atoms with Gasteiger partial charge in [-0.1, -0.05) is 53.8 Å². The van der Waals surface area contributed by atoms with Crippen LogP contribution in [0.1, 0.15) is 12.5 Å². The zero-order chi connectivity index (χ0) is 23.5. The van der Waals surface area contributed by atoms with Gasteiger partial charge in [0.1, 0.15) is 22.3 Å². The van der Waals surface area contributed by atoms with Crippen LogP contribution in [0.25, 0.3) is 23.0 Å². The number of carbonyl (C=O) groups excluding carboxylic acids is 1. The van der Waals surface area contributed by atoms with Crippen molar-refractivity contribution in [3.63, 3.8) is 0 Å². The molecule has 1 amide bonds. The number of carboxylic acid groups (broad SMARTS) is 1. The van der Waals surface area contributed by atoms with E-state index in [1.54, 1.807) is 29.1 Å². The van der Waals surface area contributed by atoms with E-state index in [0.717, 1.165) is 27.9 Å². The van der Waals surface area contributed by atoms with Gasteiger partial charge in [-0.2, -0.15) is 5.10 Å². The molecule has 33 heavy (non-hydrogen) atoms. The second-order valence-electron chi connectivity index (χ2n) is 6.95. The Morgan fingerprint density at radius 2 is 2.03 bits per heavy atom. The first kappa shape index (κ1) is 23.0. The van der Waals surface area contributed by atoms with Gasteiger partial charge in [0.25, 0.3) is 5.91 Å². The van der Waals surface area contributed by atoms with Crippen molar-refractivity contribution in [3.05, 3.63) is 70.2 Å². The van der Waals surface area contributed by atoms with Crippen LogP contribution in [0, 0.1) is 0 Å². The smallest absolute Gasteiger partial charge is 0.323 e. The number of amides is 1. The van der Waals surface area contributed by atoms with Crippen molar-refractivity contribution in [3.8, 4) is 22.7 Å². The number of hydrogen-bond donors (Lipinski definition) is 1. The topological polar surface area (TPSA) is 84.7 Å². The highest BCUT2D eigenvalue weighted by Crippen LogP contribution is 2.36. The second-order valence-corrected chi connectivity index (χ2v) is 9.04. The van der Waals surface area contributed by atoms with Crippen molar-refractivity contribution in [2.75, 3.05) is 13.2 Å². The first-order chi connectivity index (χ1) is 15.9. The minimum absolute atomic E-state index is 0.203. The zero-order valence-corrected chi connectivity index (χ0v) is 19.8. The van der Waals surface area contributed by atoms with Crippen LogP contribution in [0.15, 0.2) is 59.6 Å². The maximum atomic E-state index is 12.8. The van der Waals surface area contributed by atoms with Gasteiger partial charge in [-0.3, -0.25) is 14.5 Å². The quantitative estimate of drug-likeness (QED) is 0.366.